The fourth-order valence-corrected chi connectivity index (χ4v) is 6.13. The summed E-state index contributed by atoms with van der Waals surface area (Å²) in [7, 11) is 0. The highest BCUT2D eigenvalue weighted by Crippen LogP contribution is 2.30. The molecule has 0 fully saturated rings. The van der Waals surface area contributed by atoms with Gasteiger partial charge in [-0.25, -0.2) is 5.43 Å². The lowest BCUT2D eigenvalue weighted by atomic mass is 9.87. The van der Waals surface area contributed by atoms with Gasteiger partial charge in [-0.3, -0.25) is 9.36 Å². The van der Waals surface area contributed by atoms with E-state index >= 15 is 0 Å². The van der Waals surface area contributed by atoms with Gasteiger partial charge in [0.15, 0.2) is 11.0 Å². The third-order valence-electron chi connectivity index (χ3n) is 5.44. The molecule has 0 spiro atoms. The minimum absolute atomic E-state index is 0.0542. The van der Waals surface area contributed by atoms with Crippen LogP contribution in [0, 0.1) is 7.14 Å². The van der Waals surface area contributed by atoms with E-state index in [-0.39, 0.29) is 22.8 Å². The lowest BCUT2D eigenvalue weighted by Gasteiger charge is -2.19. The number of thioether (sulfide) groups is 1. The number of hydrogen-bond donors (Lipinski definition) is 2. The van der Waals surface area contributed by atoms with Crippen molar-refractivity contribution in [2.24, 2.45) is 5.10 Å². The summed E-state index contributed by atoms with van der Waals surface area (Å²) in [6.45, 7) is 6.55. The van der Waals surface area contributed by atoms with E-state index in [4.69, 9.17) is 0 Å². The van der Waals surface area contributed by atoms with Crippen molar-refractivity contribution in [1.29, 1.82) is 0 Å². The van der Waals surface area contributed by atoms with Crippen molar-refractivity contribution in [2.45, 2.75) is 31.3 Å². The first kappa shape index (κ1) is 27.6. The normalized spacial score (nSPS) is 11.7. The summed E-state index contributed by atoms with van der Waals surface area (Å²) < 4.78 is 3.64. The summed E-state index contributed by atoms with van der Waals surface area (Å²) in [5, 5.41) is 23.7. The second-order valence-corrected chi connectivity index (χ2v) is 12.6. The molecule has 1 aromatic heterocycles. The van der Waals surface area contributed by atoms with Gasteiger partial charge in [-0.15, -0.1) is 10.2 Å². The van der Waals surface area contributed by atoms with Gasteiger partial charge in [0.25, 0.3) is 5.91 Å². The predicted octanol–water partition coefficient (Wildman–Crippen LogP) is 6.39. The Morgan fingerprint density at radius 2 is 1.78 bits per heavy atom. The van der Waals surface area contributed by atoms with Crippen molar-refractivity contribution in [3.63, 3.8) is 0 Å². The molecular weight excluding hydrogens is 712 g/mol. The molecule has 0 bridgehead atoms. The number of hydrazone groups is 1. The minimum Gasteiger partial charge on any atom is -0.506 e. The molecule has 1 heterocycles. The van der Waals surface area contributed by atoms with Crippen molar-refractivity contribution in [2.75, 3.05) is 5.75 Å². The molecular formula is C27H25I2N5O2S. The van der Waals surface area contributed by atoms with Gasteiger partial charge in [0.2, 0.25) is 0 Å². The summed E-state index contributed by atoms with van der Waals surface area (Å²) in [6, 6.07) is 21.8. The molecule has 0 unspecified atom stereocenters. The Morgan fingerprint density at radius 3 is 2.46 bits per heavy atom. The zero-order valence-electron chi connectivity index (χ0n) is 20.4. The van der Waals surface area contributed by atoms with E-state index in [2.05, 4.69) is 111 Å². The molecule has 0 saturated heterocycles. The van der Waals surface area contributed by atoms with Gasteiger partial charge >= 0.3 is 0 Å². The van der Waals surface area contributed by atoms with Crippen LogP contribution in [0.4, 0.5) is 0 Å². The molecule has 190 valence electrons. The number of rotatable bonds is 7. The average molecular weight is 737 g/mol. The van der Waals surface area contributed by atoms with E-state index in [1.165, 1.54) is 23.5 Å². The second-order valence-electron chi connectivity index (χ2n) is 9.21. The second kappa shape index (κ2) is 11.9. The maximum atomic E-state index is 12.5. The van der Waals surface area contributed by atoms with Crippen LogP contribution in [0.2, 0.25) is 0 Å². The molecule has 0 aliphatic carbocycles. The topological polar surface area (TPSA) is 92.4 Å². The van der Waals surface area contributed by atoms with Crippen LogP contribution in [-0.2, 0) is 10.2 Å². The number of halogens is 2. The fraction of sp³-hybridized carbons (Fsp3) is 0.185. The van der Waals surface area contributed by atoms with Crippen LogP contribution in [0.15, 0.2) is 77.0 Å². The van der Waals surface area contributed by atoms with Crippen LogP contribution in [-0.4, -0.2) is 37.7 Å². The smallest absolute Gasteiger partial charge is 0.250 e. The van der Waals surface area contributed by atoms with Gasteiger partial charge in [0.1, 0.15) is 5.75 Å². The summed E-state index contributed by atoms with van der Waals surface area (Å²) in [5.41, 5.74) is 6.20. The van der Waals surface area contributed by atoms with Crippen molar-refractivity contribution < 1.29 is 9.90 Å². The van der Waals surface area contributed by atoms with Gasteiger partial charge in [-0.1, -0.05) is 75.0 Å². The molecule has 4 aromatic rings. The lowest BCUT2D eigenvalue weighted by Crippen LogP contribution is -2.20. The molecule has 2 N–H and O–H groups in total. The third-order valence-corrected chi connectivity index (χ3v) is 7.81. The zero-order chi connectivity index (χ0) is 26.6. The summed E-state index contributed by atoms with van der Waals surface area (Å²) in [4.78, 5) is 12.5. The van der Waals surface area contributed by atoms with E-state index in [1.807, 2.05) is 41.0 Å². The van der Waals surface area contributed by atoms with Gasteiger partial charge in [0.05, 0.1) is 15.5 Å². The molecule has 0 atom stereocenters. The number of amides is 1. The number of nitrogens with one attached hydrogen (secondary N) is 1. The Kier molecular flexibility index (Phi) is 8.90. The number of aromatic hydroxyl groups is 1. The maximum absolute atomic E-state index is 12.5. The number of aromatic nitrogens is 3. The van der Waals surface area contributed by atoms with Crippen molar-refractivity contribution >= 4 is 69.1 Å². The van der Waals surface area contributed by atoms with Crippen LogP contribution in [0.3, 0.4) is 0 Å². The number of carbonyl (C=O) groups excluding carboxylic acids is 1. The number of carbonyl (C=O) groups is 1. The third kappa shape index (κ3) is 6.90. The molecule has 37 heavy (non-hydrogen) atoms. The Labute approximate surface area is 247 Å². The molecule has 0 radical (unpaired) electrons. The SMILES string of the molecule is CC(C)(C)c1ccc(-c2nnc(SCC(=O)NN=Cc3cc(I)cc(I)c3O)n2-c2ccccc2)cc1. The first-order valence-electron chi connectivity index (χ1n) is 11.4. The number of benzene rings is 3. The van der Waals surface area contributed by atoms with Gasteiger partial charge < -0.3 is 5.11 Å². The van der Waals surface area contributed by atoms with Gasteiger partial charge in [0, 0.05) is 20.4 Å². The first-order chi connectivity index (χ1) is 17.6. The van der Waals surface area contributed by atoms with Crippen LogP contribution < -0.4 is 5.43 Å². The van der Waals surface area contributed by atoms with Gasteiger partial charge in [-0.05, 0) is 80.4 Å². The lowest BCUT2D eigenvalue weighted by molar-refractivity contribution is -0.118. The molecule has 3 aromatic carbocycles. The molecule has 0 saturated carbocycles. The van der Waals surface area contributed by atoms with E-state index < -0.39 is 0 Å². The first-order valence-corrected chi connectivity index (χ1v) is 14.5. The van der Waals surface area contributed by atoms with Crippen molar-refractivity contribution in [3.05, 3.63) is 85.0 Å². The van der Waals surface area contributed by atoms with Crippen LogP contribution in [0.25, 0.3) is 17.1 Å². The highest BCUT2D eigenvalue weighted by Gasteiger charge is 2.19. The van der Waals surface area contributed by atoms with Crippen molar-refractivity contribution in [1.82, 2.24) is 20.2 Å². The summed E-state index contributed by atoms with van der Waals surface area (Å²) in [5.74, 6) is 0.643. The van der Waals surface area contributed by atoms with Crippen molar-refractivity contribution in [3.8, 4) is 22.8 Å². The van der Waals surface area contributed by atoms with Crippen LogP contribution in [0.1, 0.15) is 31.9 Å². The van der Waals surface area contributed by atoms with Gasteiger partial charge in [-0.2, -0.15) is 5.10 Å². The summed E-state index contributed by atoms with van der Waals surface area (Å²) >= 11 is 5.50. The number of hydrogen-bond acceptors (Lipinski definition) is 6. The maximum Gasteiger partial charge on any atom is 0.250 e. The molecule has 0 aliphatic heterocycles. The van der Waals surface area contributed by atoms with E-state index in [9.17, 15) is 9.90 Å². The number of phenols is 1. The quantitative estimate of drug-likeness (QED) is 0.0994. The number of para-hydroxylation sites is 1. The monoisotopic (exact) mass is 737 g/mol. The summed E-state index contributed by atoms with van der Waals surface area (Å²) in [6.07, 6.45) is 1.44. The largest absolute Gasteiger partial charge is 0.506 e. The predicted molar refractivity (Wildman–Crippen MR) is 165 cm³/mol. The Hall–Kier alpha value is -2.45. The van der Waals surface area contributed by atoms with Crippen LogP contribution in [0.5, 0.6) is 5.75 Å². The minimum atomic E-state index is -0.292. The Morgan fingerprint density at radius 1 is 1.08 bits per heavy atom. The van der Waals surface area contributed by atoms with Crippen LogP contribution >= 0.6 is 56.9 Å². The van der Waals surface area contributed by atoms with E-state index in [0.29, 0.717) is 16.5 Å². The fourth-order valence-electron chi connectivity index (χ4n) is 3.50. The Balaban J connectivity index is 1.52. The highest BCUT2D eigenvalue weighted by atomic mass is 127. The highest BCUT2D eigenvalue weighted by molar-refractivity contribution is 14.1. The Bertz CT molecular complexity index is 1430. The van der Waals surface area contributed by atoms with E-state index in [1.54, 1.807) is 6.07 Å². The standard InChI is InChI=1S/C27H25I2N5O2S/c1-27(2,3)19-11-9-17(10-12-19)25-32-33-26(34(25)21-7-5-4-6-8-21)37-16-23(35)31-30-15-18-13-20(28)14-22(29)24(18)36/h4-15,36H,16H2,1-3H3,(H,31,35). The van der Waals surface area contributed by atoms with E-state index in [0.717, 1.165) is 18.4 Å². The molecule has 1 amide bonds. The average Bonchev–Trinajstić information content (AvgIpc) is 3.29. The number of nitrogens with zero attached hydrogens (tertiary/aromatic N) is 4. The number of phenolic OH excluding ortho intramolecular Hbond substituents is 1. The molecule has 4 rings (SSSR count). The molecule has 0 aliphatic rings. The molecule has 10 heteroatoms. The zero-order valence-corrected chi connectivity index (χ0v) is 25.6. The molecule has 7 nitrogen and oxygen atoms in total.